The molecule has 0 spiro atoms. The highest BCUT2D eigenvalue weighted by molar-refractivity contribution is 5.94. The fourth-order valence-corrected chi connectivity index (χ4v) is 2.39. The van der Waals surface area contributed by atoms with E-state index in [0.717, 1.165) is 34.4 Å². The van der Waals surface area contributed by atoms with E-state index in [1.807, 2.05) is 31.2 Å². The summed E-state index contributed by atoms with van der Waals surface area (Å²) in [5, 5.41) is 14.0. The van der Waals surface area contributed by atoms with Crippen LogP contribution in [0.2, 0.25) is 0 Å². The summed E-state index contributed by atoms with van der Waals surface area (Å²) in [7, 11) is 0. The Morgan fingerprint density at radius 3 is 2.38 bits per heavy atom. The van der Waals surface area contributed by atoms with Crippen LogP contribution in [0.25, 0.3) is 10.8 Å². The SMILES string of the molecule is Cc1nnc(Nc2ccc(CCN)cc2)c2ccccc12. The van der Waals surface area contributed by atoms with Crippen LogP contribution >= 0.6 is 0 Å². The molecule has 4 nitrogen and oxygen atoms in total. The minimum absolute atomic E-state index is 0.668. The van der Waals surface area contributed by atoms with Crippen molar-refractivity contribution in [3.63, 3.8) is 0 Å². The minimum Gasteiger partial charge on any atom is -0.338 e. The van der Waals surface area contributed by atoms with E-state index in [2.05, 4.69) is 39.8 Å². The van der Waals surface area contributed by atoms with E-state index in [0.29, 0.717) is 6.54 Å². The summed E-state index contributed by atoms with van der Waals surface area (Å²) in [6.07, 6.45) is 0.896. The van der Waals surface area contributed by atoms with Gasteiger partial charge in [-0.3, -0.25) is 0 Å². The standard InChI is InChI=1S/C17H18N4/c1-12-15-4-2-3-5-16(15)17(21-20-12)19-14-8-6-13(7-9-14)10-11-18/h2-9H,10-11,18H2,1H3,(H,19,21). The molecule has 0 aliphatic rings. The first-order valence-corrected chi connectivity index (χ1v) is 7.06. The highest BCUT2D eigenvalue weighted by Crippen LogP contribution is 2.25. The number of nitrogens with one attached hydrogen (secondary N) is 1. The molecule has 0 saturated carbocycles. The molecule has 1 heterocycles. The summed E-state index contributed by atoms with van der Waals surface area (Å²) in [5.74, 6) is 0.780. The van der Waals surface area contributed by atoms with Gasteiger partial charge in [0.1, 0.15) is 0 Å². The van der Waals surface area contributed by atoms with Gasteiger partial charge in [0.25, 0.3) is 0 Å². The molecule has 0 radical (unpaired) electrons. The zero-order chi connectivity index (χ0) is 14.7. The van der Waals surface area contributed by atoms with E-state index < -0.39 is 0 Å². The second-order valence-electron chi connectivity index (χ2n) is 5.04. The minimum atomic E-state index is 0.668. The molecule has 0 amide bonds. The Balaban J connectivity index is 1.93. The first-order valence-electron chi connectivity index (χ1n) is 7.06. The number of hydrogen-bond acceptors (Lipinski definition) is 4. The Morgan fingerprint density at radius 2 is 1.67 bits per heavy atom. The van der Waals surface area contributed by atoms with E-state index in [9.17, 15) is 0 Å². The third kappa shape index (κ3) is 2.85. The topological polar surface area (TPSA) is 63.8 Å². The molecule has 3 N–H and O–H groups in total. The van der Waals surface area contributed by atoms with Crippen LogP contribution in [0.1, 0.15) is 11.3 Å². The monoisotopic (exact) mass is 278 g/mol. The van der Waals surface area contributed by atoms with Crippen LogP contribution in [0.15, 0.2) is 48.5 Å². The van der Waals surface area contributed by atoms with E-state index in [1.165, 1.54) is 5.56 Å². The lowest BCUT2D eigenvalue weighted by Crippen LogP contribution is -2.03. The Morgan fingerprint density at radius 1 is 0.952 bits per heavy atom. The van der Waals surface area contributed by atoms with Gasteiger partial charge in [-0.15, -0.1) is 5.10 Å². The van der Waals surface area contributed by atoms with Crippen molar-refractivity contribution in [1.82, 2.24) is 10.2 Å². The summed E-state index contributed by atoms with van der Waals surface area (Å²) in [4.78, 5) is 0. The number of rotatable bonds is 4. The van der Waals surface area contributed by atoms with Crippen molar-refractivity contribution in [3.05, 3.63) is 59.8 Å². The van der Waals surface area contributed by atoms with Crippen molar-refractivity contribution in [1.29, 1.82) is 0 Å². The van der Waals surface area contributed by atoms with Gasteiger partial charge >= 0.3 is 0 Å². The quantitative estimate of drug-likeness (QED) is 0.769. The molecule has 0 unspecified atom stereocenters. The first kappa shape index (κ1) is 13.5. The summed E-state index contributed by atoms with van der Waals surface area (Å²) in [6.45, 7) is 2.64. The van der Waals surface area contributed by atoms with Gasteiger partial charge in [0.05, 0.1) is 5.69 Å². The van der Waals surface area contributed by atoms with Crippen LogP contribution in [0.4, 0.5) is 11.5 Å². The molecule has 3 aromatic rings. The molecule has 4 heteroatoms. The van der Waals surface area contributed by atoms with Crippen molar-refractivity contribution in [2.75, 3.05) is 11.9 Å². The van der Waals surface area contributed by atoms with Crippen molar-refractivity contribution in [3.8, 4) is 0 Å². The molecule has 0 aliphatic carbocycles. The highest BCUT2D eigenvalue weighted by Gasteiger charge is 2.06. The first-order chi connectivity index (χ1) is 10.3. The van der Waals surface area contributed by atoms with Gasteiger partial charge in [0, 0.05) is 16.5 Å². The van der Waals surface area contributed by atoms with Crippen molar-refractivity contribution in [2.24, 2.45) is 5.73 Å². The number of aromatic nitrogens is 2. The van der Waals surface area contributed by atoms with Crippen LogP contribution < -0.4 is 11.1 Å². The van der Waals surface area contributed by atoms with Crippen molar-refractivity contribution < 1.29 is 0 Å². The fourth-order valence-electron chi connectivity index (χ4n) is 2.39. The predicted molar refractivity (Wildman–Crippen MR) is 86.8 cm³/mol. The average Bonchev–Trinajstić information content (AvgIpc) is 2.52. The van der Waals surface area contributed by atoms with Crippen LogP contribution in [-0.4, -0.2) is 16.7 Å². The van der Waals surface area contributed by atoms with E-state index in [1.54, 1.807) is 0 Å². The Hall–Kier alpha value is -2.46. The lowest BCUT2D eigenvalue weighted by atomic mass is 10.1. The number of fused-ring (bicyclic) bond motifs is 1. The smallest absolute Gasteiger partial charge is 0.160 e. The van der Waals surface area contributed by atoms with E-state index in [-0.39, 0.29) is 0 Å². The second kappa shape index (κ2) is 5.89. The number of aryl methyl sites for hydroxylation is 1. The van der Waals surface area contributed by atoms with E-state index >= 15 is 0 Å². The molecule has 106 valence electrons. The largest absolute Gasteiger partial charge is 0.338 e. The number of benzene rings is 2. The van der Waals surface area contributed by atoms with Crippen LogP contribution in [0.3, 0.4) is 0 Å². The number of nitrogens with two attached hydrogens (primary N) is 1. The fraction of sp³-hybridized carbons (Fsp3) is 0.176. The van der Waals surface area contributed by atoms with Crippen molar-refractivity contribution in [2.45, 2.75) is 13.3 Å². The van der Waals surface area contributed by atoms with Gasteiger partial charge in [-0.05, 0) is 37.6 Å². The Kier molecular flexibility index (Phi) is 3.79. The van der Waals surface area contributed by atoms with Crippen LogP contribution in [-0.2, 0) is 6.42 Å². The summed E-state index contributed by atoms with van der Waals surface area (Å²) in [6, 6.07) is 16.4. The van der Waals surface area contributed by atoms with Crippen molar-refractivity contribution >= 4 is 22.3 Å². The zero-order valence-electron chi connectivity index (χ0n) is 12.0. The van der Waals surface area contributed by atoms with Gasteiger partial charge in [0.2, 0.25) is 0 Å². The normalized spacial score (nSPS) is 10.8. The van der Waals surface area contributed by atoms with Gasteiger partial charge in [0.15, 0.2) is 5.82 Å². The second-order valence-corrected chi connectivity index (χ2v) is 5.04. The maximum Gasteiger partial charge on any atom is 0.160 e. The molecule has 0 aliphatic heterocycles. The maximum absolute atomic E-state index is 5.56. The number of anilines is 2. The third-order valence-corrected chi connectivity index (χ3v) is 3.52. The maximum atomic E-state index is 5.56. The lowest BCUT2D eigenvalue weighted by Gasteiger charge is -2.10. The predicted octanol–water partition coefficient (Wildman–Crippen LogP) is 3.18. The molecule has 3 rings (SSSR count). The molecule has 0 atom stereocenters. The van der Waals surface area contributed by atoms with Gasteiger partial charge < -0.3 is 11.1 Å². The zero-order valence-corrected chi connectivity index (χ0v) is 12.0. The summed E-state index contributed by atoms with van der Waals surface area (Å²) in [5.41, 5.74) is 8.74. The van der Waals surface area contributed by atoms with Gasteiger partial charge in [-0.2, -0.15) is 5.10 Å². The molecule has 0 saturated heterocycles. The molecular weight excluding hydrogens is 260 g/mol. The van der Waals surface area contributed by atoms with Gasteiger partial charge in [-0.25, -0.2) is 0 Å². The van der Waals surface area contributed by atoms with Crippen LogP contribution in [0.5, 0.6) is 0 Å². The van der Waals surface area contributed by atoms with Gasteiger partial charge in [-0.1, -0.05) is 36.4 Å². The molecular formula is C17H18N4. The Labute approximate surface area is 124 Å². The van der Waals surface area contributed by atoms with E-state index in [4.69, 9.17) is 5.73 Å². The molecule has 2 aromatic carbocycles. The summed E-state index contributed by atoms with van der Waals surface area (Å²) >= 11 is 0. The number of hydrogen-bond donors (Lipinski definition) is 2. The molecule has 0 fully saturated rings. The molecule has 1 aromatic heterocycles. The summed E-state index contributed by atoms with van der Waals surface area (Å²) < 4.78 is 0. The molecule has 0 bridgehead atoms. The third-order valence-electron chi connectivity index (χ3n) is 3.52. The van der Waals surface area contributed by atoms with Crippen LogP contribution in [0, 0.1) is 6.92 Å². The molecule has 21 heavy (non-hydrogen) atoms. The lowest BCUT2D eigenvalue weighted by molar-refractivity contribution is 0.969. The Bertz CT molecular complexity index is 750. The number of nitrogens with zero attached hydrogens (tertiary/aromatic N) is 2. The highest BCUT2D eigenvalue weighted by atomic mass is 15.2. The average molecular weight is 278 g/mol.